The van der Waals surface area contributed by atoms with Crippen LogP contribution in [0, 0.1) is 6.92 Å². The molecule has 1 aliphatic heterocycles. The van der Waals surface area contributed by atoms with Crippen molar-refractivity contribution in [2.75, 3.05) is 6.61 Å². The molecule has 0 aliphatic carbocycles. The fraction of sp³-hybridized carbons (Fsp3) is 0.200. The maximum absolute atomic E-state index is 12.0. The van der Waals surface area contributed by atoms with Crippen LogP contribution in [0.4, 0.5) is 0 Å². The Bertz CT molecular complexity index is 709. The molecule has 0 spiro atoms. The summed E-state index contributed by atoms with van der Waals surface area (Å²) in [6.07, 6.45) is 0.571. The van der Waals surface area contributed by atoms with E-state index in [-0.39, 0.29) is 6.61 Å². The van der Waals surface area contributed by atoms with Crippen LogP contribution in [0.2, 0.25) is 0 Å². The van der Waals surface area contributed by atoms with Crippen molar-refractivity contribution in [1.29, 1.82) is 0 Å². The lowest BCUT2D eigenvalue weighted by atomic mass is 10.2. The van der Waals surface area contributed by atoms with Crippen molar-refractivity contribution in [3.63, 3.8) is 0 Å². The summed E-state index contributed by atoms with van der Waals surface area (Å²) in [5.41, 5.74) is 4.98. The van der Waals surface area contributed by atoms with Crippen LogP contribution in [-0.4, -0.2) is 24.5 Å². The molecule has 7 nitrogen and oxygen atoms in total. The minimum Gasteiger partial charge on any atom is -0.485 e. The van der Waals surface area contributed by atoms with E-state index in [0.29, 0.717) is 22.8 Å². The van der Waals surface area contributed by atoms with E-state index in [1.165, 1.54) is 12.3 Å². The predicted octanol–water partition coefficient (Wildman–Crippen LogP) is 1.19. The molecule has 1 aromatic carbocycles. The number of ether oxygens (including phenoxy) is 2. The highest BCUT2D eigenvalue weighted by molar-refractivity contribution is 5.96. The van der Waals surface area contributed by atoms with E-state index >= 15 is 0 Å². The van der Waals surface area contributed by atoms with E-state index in [1.807, 2.05) is 6.07 Å². The van der Waals surface area contributed by atoms with Crippen LogP contribution in [-0.2, 0) is 4.79 Å². The van der Waals surface area contributed by atoms with Crippen molar-refractivity contribution >= 4 is 11.8 Å². The van der Waals surface area contributed by atoms with Crippen molar-refractivity contribution < 1.29 is 23.5 Å². The maximum atomic E-state index is 12.0. The second-order valence-electron chi connectivity index (χ2n) is 4.70. The van der Waals surface area contributed by atoms with Gasteiger partial charge in [0.2, 0.25) is 6.10 Å². The molecule has 2 heterocycles. The number of nitrogens with one attached hydrogen (secondary N) is 2. The van der Waals surface area contributed by atoms with Crippen LogP contribution in [0.25, 0.3) is 0 Å². The number of para-hydroxylation sites is 2. The van der Waals surface area contributed by atoms with Crippen molar-refractivity contribution in [3.05, 3.63) is 47.9 Å². The molecule has 7 heteroatoms. The van der Waals surface area contributed by atoms with Gasteiger partial charge in [0.1, 0.15) is 12.4 Å². The van der Waals surface area contributed by atoms with Gasteiger partial charge in [-0.2, -0.15) is 0 Å². The molecule has 1 atom stereocenters. The Balaban J connectivity index is 1.57. The largest absolute Gasteiger partial charge is 0.485 e. The molecule has 0 bridgehead atoms. The summed E-state index contributed by atoms with van der Waals surface area (Å²) in [6, 6.07) is 8.59. The SMILES string of the molecule is Cc1occc1C(=O)NNC(=O)C1COc2ccccc2O1. The van der Waals surface area contributed by atoms with Crippen molar-refractivity contribution in [2.45, 2.75) is 13.0 Å². The van der Waals surface area contributed by atoms with Crippen LogP contribution in [0.1, 0.15) is 16.1 Å². The van der Waals surface area contributed by atoms with Crippen molar-refractivity contribution in [3.8, 4) is 11.5 Å². The first-order valence-corrected chi connectivity index (χ1v) is 6.68. The second-order valence-corrected chi connectivity index (χ2v) is 4.70. The van der Waals surface area contributed by atoms with Crippen LogP contribution in [0.15, 0.2) is 41.0 Å². The molecule has 1 aliphatic rings. The molecule has 0 saturated heterocycles. The number of hydrogen-bond acceptors (Lipinski definition) is 5. The number of amides is 2. The topological polar surface area (TPSA) is 89.8 Å². The molecule has 22 heavy (non-hydrogen) atoms. The highest BCUT2D eigenvalue weighted by atomic mass is 16.6. The molecule has 0 radical (unpaired) electrons. The van der Waals surface area contributed by atoms with E-state index in [1.54, 1.807) is 25.1 Å². The number of hydrogen-bond donors (Lipinski definition) is 2. The number of hydrazine groups is 1. The zero-order chi connectivity index (χ0) is 15.5. The summed E-state index contributed by atoms with van der Waals surface area (Å²) < 4.78 is 16.0. The van der Waals surface area contributed by atoms with Crippen LogP contribution in [0.3, 0.4) is 0 Å². The lowest BCUT2D eigenvalue weighted by Crippen LogP contribution is -2.50. The van der Waals surface area contributed by atoms with Gasteiger partial charge in [0, 0.05) is 0 Å². The van der Waals surface area contributed by atoms with Gasteiger partial charge in [0.05, 0.1) is 11.8 Å². The van der Waals surface area contributed by atoms with E-state index in [2.05, 4.69) is 10.9 Å². The average molecular weight is 302 g/mol. The Morgan fingerprint density at radius 3 is 2.64 bits per heavy atom. The van der Waals surface area contributed by atoms with Gasteiger partial charge in [-0.05, 0) is 25.1 Å². The first-order chi connectivity index (χ1) is 10.6. The number of benzene rings is 1. The van der Waals surface area contributed by atoms with Crippen molar-refractivity contribution in [2.24, 2.45) is 0 Å². The lowest BCUT2D eigenvalue weighted by molar-refractivity contribution is -0.131. The van der Waals surface area contributed by atoms with Gasteiger partial charge in [-0.1, -0.05) is 12.1 Å². The Labute approximate surface area is 126 Å². The van der Waals surface area contributed by atoms with Crippen LogP contribution >= 0.6 is 0 Å². The quantitative estimate of drug-likeness (QED) is 0.813. The molecule has 114 valence electrons. The van der Waals surface area contributed by atoms with Gasteiger partial charge >= 0.3 is 0 Å². The van der Waals surface area contributed by atoms with Crippen molar-refractivity contribution in [1.82, 2.24) is 10.9 Å². The summed E-state index contributed by atoms with van der Waals surface area (Å²) in [6.45, 7) is 1.73. The van der Waals surface area contributed by atoms with E-state index < -0.39 is 17.9 Å². The molecule has 3 rings (SSSR count). The fourth-order valence-electron chi connectivity index (χ4n) is 2.04. The molecule has 2 N–H and O–H groups in total. The van der Waals surface area contributed by atoms with Gasteiger partial charge in [-0.25, -0.2) is 0 Å². The number of fused-ring (bicyclic) bond motifs is 1. The fourth-order valence-corrected chi connectivity index (χ4v) is 2.04. The average Bonchev–Trinajstić information content (AvgIpc) is 2.98. The number of carbonyl (C=O) groups is 2. The molecule has 0 fully saturated rings. The Morgan fingerprint density at radius 2 is 1.91 bits per heavy atom. The molecule has 0 saturated carbocycles. The monoisotopic (exact) mass is 302 g/mol. The molecule has 1 unspecified atom stereocenters. The smallest absolute Gasteiger partial charge is 0.283 e. The number of carbonyl (C=O) groups excluding carboxylic acids is 2. The van der Waals surface area contributed by atoms with E-state index in [0.717, 1.165) is 0 Å². The molecular formula is C15H14N2O5. The minimum absolute atomic E-state index is 0.0729. The zero-order valence-corrected chi connectivity index (χ0v) is 11.8. The number of aryl methyl sites for hydroxylation is 1. The molecule has 2 amide bonds. The Morgan fingerprint density at radius 1 is 1.14 bits per heavy atom. The molecule has 2 aromatic rings. The lowest BCUT2D eigenvalue weighted by Gasteiger charge is -2.25. The third-order valence-corrected chi connectivity index (χ3v) is 3.20. The third kappa shape index (κ3) is 2.73. The highest BCUT2D eigenvalue weighted by Gasteiger charge is 2.27. The number of rotatable bonds is 2. The van der Waals surface area contributed by atoms with Gasteiger partial charge in [0.15, 0.2) is 11.5 Å². The first-order valence-electron chi connectivity index (χ1n) is 6.68. The van der Waals surface area contributed by atoms with Crippen LogP contribution in [0.5, 0.6) is 11.5 Å². The van der Waals surface area contributed by atoms with E-state index in [9.17, 15) is 9.59 Å². The van der Waals surface area contributed by atoms with Gasteiger partial charge in [0.25, 0.3) is 11.8 Å². The minimum atomic E-state index is -0.833. The van der Waals surface area contributed by atoms with Gasteiger partial charge < -0.3 is 13.9 Å². The van der Waals surface area contributed by atoms with Gasteiger partial charge in [-0.3, -0.25) is 20.4 Å². The normalized spacial score (nSPS) is 16.0. The summed E-state index contributed by atoms with van der Waals surface area (Å²) in [4.78, 5) is 23.9. The van der Waals surface area contributed by atoms with Gasteiger partial charge in [-0.15, -0.1) is 0 Å². The summed E-state index contributed by atoms with van der Waals surface area (Å²) in [5.74, 6) is 0.592. The zero-order valence-electron chi connectivity index (χ0n) is 11.8. The number of furan rings is 1. The Hall–Kier alpha value is -2.96. The highest BCUT2D eigenvalue weighted by Crippen LogP contribution is 2.30. The second kappa shape index (κ2) is 5.80. The standard InChI is InChI=1S/C15H14N2O5/c1-9-10(6-7-20-9)14(18)16-17-15(19)13-8-21-11-4-2-3-5-12(11)22-13/h2-7,13H,8H2,1H3,(H,16,18)(H,17,19). The molecular weight excluding hydrogens is 288 g/mol. The Kier molecular flexibility index (Phi) is 3.69. The van der Waals surface area contributed by atoms with E-state index in [4.69, 9.17) is 13.9 Å². The summed E-state index contributed by atoms with van der Waals surface area (Å²) in [5, 5.41) is 0. The molecule has 1 aromatic heterocycles. The predicted molar refractivity (Wildman–Crippen MR) is 75.4 cm³/mol. The third-order valence-electron chi connectivity index (χ3n) is 3.20. The summed E-state index contributed by atoms with van der Waals surface area (Å²) in [7, 11) is 0. The maximum Gasteiger partial charge on any atom is 0.283 e. The summed E-state index contributed by atoms with van der Waals surface area (Å²) >= 11 is 0. The first kappa shape index (κ1) is 14.0. The van der Waals surface area contributed by atoms with Crippen LogP contribution < -0.4 is 20.3 Å².